The third-order valence-electron chi connectivity index (χ3n) is 8.44. The van der Waals surface area contributed by atoms with Crippen LogP contribution in [0.2, 0.25) is 0 Å². The summed E-state index contributed by atoms with van der Waals surface area (Å²) in [6.07, 6.45) is 9.65. The van der Waals surface area contributed by atoms with Crippen molar-refractivity contribution in [3.05, 3.63) is 23.3 Å². The maximum atomic E-state index is 13.0. The van der Waals surface area contributed by atoms with Crippen LogP contribution >= 0.6 is 0 Å². The Bertz CT molecular complexity index is 790. The Hall–Kier alpha value is -1.71. The Kier molecular flexibility index (Phi) is 4.67. The molecule has 6 atom stereocenters. The van der Waals surface area contributed by atoms with Gasteiger partial charge >= 0.3 is 5.97 Å². The highest BCUT2D eigenvalue weighted by Gasteiger charge is 2.60. The highest BCUT2D eigenvalue weighted by Crippen LogP contribution is 2.65. The van der Waals surface area contributed by atoms with Crippen LogP contribution < -0.4 is 0 Å². The number of rotatable bonds is 3. The topological polar surface area (TPSA) is 60.4 Å². The molecule has 0 saturated heterocycles. The smallest absolute Gasteiger partial charge is 0.374 e. The average molecular weight is 385 g/mol. The second-order valence-electron chi connectivity index (χ2n) is 9.86. The molecule has 0 aromatic carbocycles. The summed E-state index contributed by atoms with van der Waals surface area (Å²) in [7, 11) is 0. The highest BCUT2D eigenvalue weighted by atomic mass is 16.5. The fourth-order valence-corrected chi connectivity index (χ4v) is 7.11. The molecule has 2 saturated carbocycles. The van der Waals surface area contributed by atoms with Gasteiger partial charge in [-0.3, -0.25) is 9.59 Å². The first-order valence-corrected chi connectivity index (χ1v) is 10.9. The molecule has 152 valence electrons. The molecule has 2 fully saturated rings. The van der Waals surface area contributed by atoms with E-state index in [1.165, 1.54) is 11.1 Å². The van der Waals surface area contributed by atoms with E-state index in [9.17, 15) is 14.4 Å². The van der Waals surface area contributed by atoms with Gasteiger partial charge in [0.25, 0.3) is 0 Å². The number of ether oxygens (including phenoxy) is 1. The molecule has 4 heteroatoms. The molecule has 0 radical (unpaired) electrons. The predicted molar refractivity (Wildman–Crippen MR) is 106 cm³/mol. The monoisotopic (exact) mass is 384 g/mol. The molecule has 0 aromatic heterocycles. The fraction of sp³-hybridized carbons (Fsp3) is 0.708. The Morgan fingerprint density at radius 2 is 2.00 bits per heavy atom. The van der Waals surface area contributed by atoms with Crippen molar-refractivity contribution in [1.82, 2.24) is 0 Å². The van der Waals surface area contributed by atoms with Gasteiger partial charge in [-0.1, -0.05) is 38.0 Å². The molecular weight excluding hydrogens is 352 g/mol. The van der Waals surface area contributed by atoms with E-state index in [0.29, 0.717) is 18.3 Å². The maximum Gasteiger partial charge on any atom is 0.374 e. The van der Waals surface area contributed by atoms with E-state index in [1.807, 2.05) is 6.08 Å². The summed E-state index contributed by atoms with van der Waals surface area (Å²) in [4.78, 5) is 37.1. The number of fused-ring (bicyclic) bond motifs is 5. The summed E-state index contributed by atoms with van der Waals surface area (Å²) in [5, 5.41) is 0. The number of esters is 1. The average Bonchev–Trinajstić information content (AvgIpc) is 2.92. The van der Waals surface area contributed by atoms with Gasteiger partial charge in [0.1, 0.15) is 0 Å². The van der Waals surface area contributed by atoms with Crippen LogP contribution in [0.25, 0.3) is 0 Å². The van der Waals surface area contributed by atoms with Crippen LogP contribution in [0.15, 0.2) is 23.3 Å². The first-order valence-electron chi connectivity index (χ1n) is 10.9. The number of hydrogen-bond donors (Lipinski definition) is 0. The third-order valence-corrected chi connectivity index (χ3v) is 8.44. The van der Waals surface area contributed by atoms with Crippen LogP contribution in [0, 0.1) is 34.5 Å². The van der Waals surface area contributed by atoms with Gasteiger partial charge in [0.05, 0.1) is 6.61 Å². The number of allylic oxidation sites excluding steroid dienone is 4. The normalized spacial score (nSPS) is 41.9. The molecule has 28 heavy (non-hydrogen) atoms. The van der Waals surface area contributed by atoms with Crippen molar-refractivity contribution >= 4 is 17.5 Å². The Morgan fingerprint density at radius 1 is 1.25 bits per heavy atom. The predicted octanol–water partition coefficient (Wildman–Crippen LogP) is 4.43. The van der Waals surface area contributed by atoms with Crippen LogP contribution in [0.1, 0.15) is 66.2 Å². The van der Waals surface area contributed by atoms with Crippen LogP contribution in [-0.2, 0) is 19.1 Å². The number of ketones is 2. The summed E-state index contributed by atoms with van der Waals surface area (Å²) in [5.41, 5.74) is 2.63. The molecular formula is C24H32O4. The van der Waals surface area contributed by atoms with Gasteiger partial charge in [0.2, 0.25) is 5.78 Å². The van der Waals surface area contributed by atoms with Gasteiger partial charge in [-0.25, -0.2) is 4.79 Å². The highest BCUT2D eigenvalue weighted by molar-refractivity contribution is 6.34. The molecule has 0 spiro atoms. The molecule has 2 unspecified atom stereocenters. The maximum absolute atomic E-state index is 13.0. The lowest BCUT2D eigenvalue weighted by atomic mass is 9.51. The molecule has 0 heterocycles. The minimum absolute atomic E-state index is 0.00459. The third kappa shape index (κ3) is 2.67. The Morgan fingerprint density at radius 3 is 2.71 bits per heavy atom. The zero-order chi connectivity index (χ0) is 20.3. The zero-order valence-corrected chi connectivity index (χ0v) is 17.5. The zero-order valence-electron chi connectivity index (χ0n) is 17.5. The molecule has 0 N–H and O–H groups in total. The van der Waals surface area contributed by atoms with Crippen LogP contribution in [0.3, 0.4) is 0 Å². The lowest BCUT2D eigenvalue weighted by Crippen LogP contribution is -2.46. The van der Waals surface area contributed by atoms with E-state index >= 15 is 0 Å². The minimum atomic E-state index is -0.664. The number of carbonyl (C=O) groups excluding carboxylic acids is 3. The van der Waals surface area contributed by atoms with E-state index < -0.39 is 5.97 Å². The summed E-state index contributed by atoms with van der Waals surface area (Å²) >= 11 is 0. The van der Waals surface area contributed by atoms with Gasteiger partial charge < -0.3 is 4.74 Å². The molecule has 4 nitrogen and oxygen atoms in total. The molecule has 0 amide bonds. The van der Waals surface area contributed by atoms with Crippen molar-refractivity contribution in [1.29, 1.82) is 0 Å². The summed E-state index contributed by atoms with van der Waals surface area (Å²) in [6.45, 7) is 8.64. The van der Waals surface area contributed by atoms with Gasteiger partial charge in [-0.15, -0.1) is 0 Å². The van der Waals surface area contributed by atoms with Gasteiger partial charge in [0, 0.05) is 17.8 Å². The SMILES string of the molecule is CCOC(=O)C(=O)[C@H]1[C@H](C)CC2C3CCC4=CC(=O)CC[C@]4(C)C3=CC[C@@]21C. The summed E-state index contributed by atoms with van der Waals surface area (Å²) in [5.74, 6) is 0.0780. The Labute approximate surface area is 167 Å². The van der Waals surface area contributed by atoms with Crippen molar-refractivity contribution in [2.24, 2.45) is 34.5 Å². The lowest BCUT2D eigenvalue weighted by molar-refractivity contribution is -0.158. The largest absolute Gasteiger partial charge is 0.460 e. The molecule has 4 rings (SSSR count). The van der Waals surface area contributed by atoms with Crippen LogP contribution in [0.5, 0.6) is 0 Å². The van der Waals surface area contributed by atoms with Crippen molar-refractivity contribution in [2.45, 2.75) is 66.2 Å². The standard InChI is InChI=1S/C24H32O4/c1-5-28-22(27)21(26)20-14(2)12-19-17-7-6-15-13-16(25)8-10-23(15,3)18(17)9-11-24(19,20)4/h9,13-14,17,19-20H,5-8,10-12H2,1-4H3/t14-,17?,19?,20-,23+,24+/m1/s1. The second-order valence-corrected chi connectivity index (χ2v) is 9.86. The van der Waals surface area contributed by atoms with Gasteiger partial charge in [-0.05, 0) is 68.3 Å². The molecule has 0 bridgehead atoms. The van der Waals surface area contributed by atoms with Gasteiger partial charge in [0.15, 0.2) is 5.78 Å². The molecule has 0 aliphatic heterocycles. The van der Waals surface area contributed by atoms with E-state index in [0.717, 1.165) is 32.1 Å². The van der Waals surface area contributed by atoms with E-state index in [-0.39, 0.29) is 40.8 Å². The fourth-order valence-electron chi connectivity index (χ4n) is 7.11. The number of Topliss-reactive ketones (excluding diaryl/α,β-unsaturated/α-hetero) is 1. The van der Waals surface area contributed by atoms with Crippen molar-refractivity contribution in [3.63, 3.8) is 0 Å². The molecule has 4 aliphatic rings. The van der Waals surface area contributed by atoms with Gasteiger partial charge in [-0.2, -0.15) is 0 Å². The van der Waals surface area contributed by atoms with Crippen molar-refractivity contribution in [2.75, 3.05) is 6.61 Å². The van der Waals surface area contributed by atoms with Crippen LogP contribution in [-0.4, -0.2) is 24.1 Å². The molecule has 0 aromatic rings. The lowest BCUT2D eigenvalue weighted by Gasteiger charge is -2.53. The first kappa shape index (κ1) is 19.6. The van der Waals surface area contributed by atoms with Crippen molar-refractivity contribution < 1.29 is 19.1 Å². The van der Waals surface area contributed by atoms with E-state index in [4.69, 9.17) is 4.74 Å². The summed E-state index contributed by atoms with van der Waals surface area (Å²) in [6, 6.07) is 0. The quantitative estimate of drug-likeness (QED) is 0.410. The van der Waals surface area contributed by atoms with Crippen LogP contribution in [0.4, 0.5) is 0 Å². The number of carbonyl (C=O) groups is 3. The Balaban J connectivity index is 1.69. The molecule has 4 aliphatic carbocycles. The van der Waals surface area contributed by atoms with E-state index in [1.54, 1.807) is 6.92 Å². The number of hydrogen-bond acceptors (Lipinski definition) is 4. The van der Waals surface area contributed by atoms with Crippen molar-refractivity contribution in [3.8, 4) is 0 Å². The minimum Gasteiger partial charge on any atom is -0.460 e. The second kappa shape index (κ2) is 6.67. The van der Waals surface area contributed by atoms with E-state index in [2.05, 4.69) is 26.8 Å². The summed E-state index contributed by atoms with van der Waals surface area (Å²) < 4.78 is 5.05. The first-order chi connectivity index (χ1) is 13.2.